The Morgan fingerprint density at radius 3 is 2.45 bits per heavy atom. The van der Waals surface area contributed by atoms with Crippen molar-refractivity contribution in [1.82, 2.24) is 0 Å². The molecule has 0 fully saturated rings. The second-order valence-electron chi connectivity index (χ2n) is 3.26. The lowest BCUT2D eigenvalue weighted by molar-refractivity contribution is -0.125. The van der Waals surface area contributed by atoms with E-state index >= 15 is 0 Å². The van der Waals surface area contributed by atoms with Crippen LogP contribution in [-0.4, -0.2) is 11.6 Å². The van der Waals surface area contributed by atoms with Gasteiger partial charge in [-0.05, 0) is 18.1 Å². The van der Waals surface area contributed by atoms with E-state index in [2.05, 4.69) is 0 Å². The first-order valence-electron chi connectivity index (χ1n) is 3.86. The molecule has 11 heavy (non-hydrogen) atoms. The van der Waals surface area contributed by atoms with Gasteiger partial charge in [0, 0.05) is 12.3 Å². The molecule has 1 aliphatic carbocycles. The van der Waals surface area contributed by atoms with E-state index in [4.69, 9.17) is 0 Å². The van der Waals surface area contributed by atoms with Gasteiger partial charge in [0.15, 0.2) is 11.6 Å². The summed E-state index contributed by atoms with van der Waals surface area (Å²) >= 11 is 0. The van der Waals surface area contributed by atoms with Crippen molar-refractivity contribution in [1.29, 1.82) is 0 Å². The molecule has 0 aromatic carbocycles. The van der Waals surface area contributed by atoms with Crippen LogP contribution < -0.4 is 0 Å². The van der Waals surface area contributed by atoms with Gasteiger partial charge in [-0.2, -0.15) is 0 Å². The smallest absolute Gasteiger partial charge is 0.159 e. The Morgan fingerprint density at radius 2 is 2.00 bits per heavy atom. The zero-order chi connectivity index (χ0) is 8.43. The predicted octanol–water partition coefficient (Wildman–Crippen LogP) is 1.36. The summed E-state index contributed by atoms with van der Waals surface area (Å²) in [4.78, 5) is 22.0. The summed E-state index contributed by atoms with van der Waals surface area (Å²) in [5.41, 5.74) is 0. The minimum atomic E-state index is -0.0764. The maximum Gasteiger partial charge on any atom is 0.159 e. The molecule has 0 radical (unpaired) electrons. The molecule has 1 unspecified atom stereocenters. The van der Waals surface area contributed by atoms with Gasteiger partial charge in [-0.15, -0.1) is 0 Å². The van der Waals surface area contributed by atoms with Crippen molar-refractivity contribution in [3.05, 3.63) is 12.2 Å². The van der Waals surface area contributed by atoms with Crippen molar-refractivity contribution < 1.29 is 9.59 Å². The van der Waals surface area contributed by atoms with Crippen molar-refractivity contribution >= 4 is 11.6 Å². The summed E-state index contributed by atoms with van der Waals surface area (Å²) in [6.45, 7) is 3.93. The van der Waals surface area contributed by atoms with Gasteiger partial charge >= 0.3 is 0 Å². The molecule has 0 bridgehead atoms. The molecule has 0 aliphatic heterocycles. The predicted molar refractivity (Wildman–Crippen MR) is 42.1 cm³/mol. The van der Waals surface area contributed by atoms with Gasteiger partial charge in [0.2, 0.25) is 0 Å². The third-order valence-electron chi connectivity index (χ3n) is 2.02. The molecular formula is C9H12O2. The molecule has 0 saturated carbocycles. The number of hydrogen-bond acceptors (Lipinski definition) is 2. The van der Waals surface area contributed by atoms with Crippen LogP contribution in [0.2, 0.25) is 0 Å². The molecule has 0 N–H and O–H groups in total. The zero-order valence-corrected chi connectivity index (χ0v) is 6.83. The molecule has 2 heteroatoms. The minimum Gasteiger partial charge on any atom is -0.295 e. The van der Waals surface area contributed by atoms with E-state index < -0.39 is 0 Å². The molecule has 0 aromatic rings. The lowest BCUT2D eigenvalue weighted by Crippen LogP contribution is -2.24. The van der Waals surface area contributed by atoms with Crippen LogP contribution in [0.15, 0.2) is 12.2 Å². The van der Waals surface area contributed by atoms with Crippen molar-refractivity contribution in [2.75, 3.05) is 0 Å². The second-order valence-corrected chi connectivity index (χ2v) is 3.26. The number of ketones is 2. The molecule has 0 spiro atoms. The molecule has 2 nitrogen and oxygen atoms in total. The summed E-state index contributed by atoms with van der Waals surface area (Å²) in [5, 5.41) is 0. The van der Waals surface area contributed by atoms with E-state index in [1.54, 1.807) is 0 Å². The third-order valence-corrected chi connectivity index (χ3v) is 2.02. The first-order valence-corrected chi connectivity index (χ1v) is 3.86. The molecule has 1 atom stereocenters. The molecule has 1 rings (SSSR count). The van der Waals surface area contributed by atoms with Crippen LogP contribution in [0.3, 0.4) is 0 Å². The average molecular weight is 152 g/mol. The van der Waals surface area contributed by atoms with Gasteiger partial charge in [0.25, 0.3) is 0 Å². The van der Waals surface area contributed by atoms with Crippen LogP contribution in [0.5, 0.6) is 0 Å². The van der Waals surface area contributed by atoms with Gasteiger partial charge in [-0.3, -0.25) is 9.59 Å². The van der Waals surface area contributed by atoms with Crippen LogP contribution >= 0.6 is 0 Å². The van der Waals surface area contributed by atoms with E-state index in [0.29, 0.717) is 6.42 Å². The summed E-state index contributed by atoms with van der Waals surface area (Å²) in [5.74, 6) is 0.367. The molecular weight excluding hydrogens is 140 g/mol. The van der Waals surface area contributed by atoms with Gasteiger partial charge < -0.3 is 0 Å². The molecule has 0 saturated heterocycles. The lowest BCUT2D eigenvalue weighted by atomic mass is 9.84. The maximum absolute atomic E-state index is 11.1. The van der Waals surface area contributed by atoms with Crippen LogP contribution in [-0.2, 0) is 9.59 Å². The van der Waals surface area contributed by atoms with E-state index in [1.807, 2.05) is 13.8 Å². The molecule has 1 aliphatic rings. The topological polar surface area (TPSA) is 34.1 Å². The standard InChI is InChI=1S/C9H12O2/c1-6(2)8-5-7(10)3-4-9(8)11/h3-4,6,8H,5H2,1-2H3. The number of allylic oxidation sites excluding steroid dienone is 2. The highest BCUT2D eigenvalue weighted by molar-refractivity contribution is 6.05. The van der Waals surface area contributed by atoms with Gasteiger partial charge in [0.05, 0.1) is 0 Å². The summed E-state index contributed by atoms with van der Waals surface area (Å²) in [7, 11) is 0. The van der Waals surface area contributed by atoms with Gasteiger partial charge in [-0.1, -0.05) is 13.8 Å². The molecule has 0 heterocycles. The Morgan fingerprint density at radius 1 is 1.36 bits per heavy atom. The highest BCUT2D eigenvalue weighted by Crippen LogP contribution is 2.20. The SMILES string of the molecule is CC(C)C1CC(=O)C=CC1=O. The van der Waals surface area contributed by atoms with E-state index in [9.17, 15) is 9.59 Å². The normalized spacial score (nSPS) is 24.8. The largest absolute Gasteiger partial charge is 0.295 e. The Hall–Kier alpha value is -0.920. The quantitative estimate of drug-likeness (QED) is 0.568. The summed E-state index contributed by atoms with van der Waals surface area (Å²) in [6, 6.07) is 0. The lowest BCUT2D eigenvalue weighted by Gasteiger charge is -2.18. The van der Waals surface area contributed by atoms with Crippen LogP contribution in [0.4, 0.5) is 0 Å². The number of hydrogen-bond donors (Lipinski definition) is 0. The third kappa shape index (κ3) is 1.76. The summed E-state index contributed by atoms with van der Waals surface area (Å²) < 4.78 is 0. The molecule has 0 amide bonds. The van der Waals surface area contributed by atoms with Crippen LogP contribution in [0, 0.1) is 11.8 Å². The van der Waals surface area contributed by atoms with E-state index in [-0.39, 0.29) is 23.4 Å². The number of carbonyl (C=O) groups is 2. The van der Waals surface area contributed by atoms with Crippen molar-refractivity contribution in [2.45, 2.75) is 20.3 Å². The van der Waals surface area contributed by atoms with Crippen molar-refractivity contribution in [2.24, 2.45) is 11.8 Å². The fourth-order valence-corrected chi connectivity index (χ4v) is 1.25. The fourth-order valence-electron chi connectivity index (χ4n) is 1.25. The maximum atomic E-state index is 11.1. The van der Waals surface area contributed by atoms with Crippen molar-refractivity contribution in [3.63, 3.8) is 0 Å². The van der Waals surface area contributed by atoms with Crippen LogP contribution in [0.1, 0.15) is 20.3 Å². The molecule has 0 aromatic heterocycles. The fraction of sp³-hybridized carbons (Fsp3) is 0.556. The van der Waals surface area contributed by atoms with E-state index in [1.165, 1.54) is 12.2 Å². The second kappa shape index (κ2) is 2.99. The highest BCUT2D eigenvalue weighted by Gasteiger charge is 2.25. The van der Waals surface area contributed by atoms with Gasteiger partial charge in [0.1, 0.15) is 0 Å². The first kappa shape index (κ1) is 8.18. The molecule has 60 valence electrons. The van der Waals surface area contributed by atoms with Crippen LogP contribution in [0.25, 0.3) is 0 Å². The summed E-state index contributed by atoms with van der Waals surface area (Å²) in [6.07, 6.45) is 3.17. The Kier molecular flexibility index (Phi) is 2.22. The monoisotopic (exact) mass is 152 g/mol. The Balaban J connectivity index is 2.76. The first-order chi connectivity index (χ1) is 5.11. The average Bonchev–Trinajstić information content (AvgIpc) is 1.94. The highest BCUT2D eigenvalue weighted by atomic mass is 16.1. The van der Waals surface area contributed by atoms with Crippen molar-refractivity contribution in [3.8, 4) is 0 Å². The van der Waals surface area contributed by atoms with E-state index in [0.717, 1.165) is 0 Å². The Bertz CT molecular complexity index is 214. The minimum absolute atomic E-state index is 0.0725. The zero-order valence-electron chi connectivity index (χ0n) is 6.83. The number of rotatable bonds is 1. The Labute approximate surface area is 66.3 Å². The number of carbonyl (C=O) groups excluding carboxylic acids is 2. The van der Waals surface area contributed by atoms with Gasteiger partial charge in [-0.25, -0.2) is 0 Å².